The largest absolute Gasteiger partial charge is 0.328 e. The van der Waals surface area contributed by atoms with Crippen LogP contribution in [0.1, 0.15) is 22.7 Å². The number of imide groups is 2. The molecule has 11 heteroatoms. The van der Waals surface area contributed by atoms with Gasteiger partial charge in [-0.2, -0.15) is 0 Å². The Morgan fingerprint density at radius 3 is 2.19 bits per heavy atom. The van der Waals surface area contributed by atoms with Gasteiger partial charge in [-0.15, -0.1) is 0 Å². The van der Waals surface area contributed by atoms with E-state index >= 15 is 0 Å². The number of nitro benzene ring substituents is 1. The van der Waals surface area contributed by atoms with Gasteiger partial charge in [-0.1, -0.05) is 18.2 Å². The fraction of sp³-hybridized carbons (Fsp3) is 0.200. The maximum absolute atomic E-state index is 12.3. The highest BCUT2D eigenvalue weighted by Crippen LogP contribution is 2.37. The first-order valence-corrected chi connectivity index (χ1v) is 7.47. The summed E-state index contributed by atoms with van der Waals surface area (Å²) in [4.78, 5) is 59.1. The van der Waals surface area contributed by atoms with E-state index in [2.05, 4.69) is 10.2 Å². The summed E-state index contributed by atoms with van der Waals surface area (Å²) < 4.78 is 0. The molecular formula is C15H13N5O6. The maximum atomic E-state index is 12.3. The number of rotatable bonds is 4. The van der Waals surface area contributed by atoms with Gasteiger partial charge < -0.3 is 5.10 Å². The summed E-state index contributed by atoms with van der Waals surface area (Å²) >= 11 is 0. The zero-order valence-corrected chi connectivity index (χ0v) is 13.4. The third-order valence-electron chi connectivity index (χ3n) is 4.16. The molecule has 4 N–H and O–H groups in total. The number of aromatic amines is 2. The topological polar surface area (TPSA) is 167 Å². The monoisotopic (exact) mass is 359 g/mol. The number of nitro groups is 1. The third kappa shape index (κ3) is 2.75. The van der Waals surface area contributed by atoms with Crippen molar-refractivity contribution in [2.24, 2.45) is 5.92 Å². The SMILES string of the molecule is Cc1[nH][nH]c(=O)c1C(c1ccccc1[N+](=O)[O-])C1C(=O)NC(=O)NC1=O. The van der Waals surface area contributed by atoms with Crippen LogP contribution in [0.15, 0.2) is 29.1 Å². The van der Waals surface area contributed by atoms with E-state index in [0.29, 0.717) is 5.69 Å². The molecule has 1 aliphatic heterocycles. The lowest BCUT2D eigenvalue weighted by molar-refractivity contribution is -0.385. The maximum Gasteiger partial charge on any atom is 0.328 e. The average Bonchev–Trinajstić information content (AvgIpc) is 2.89. The first kappa shape index (κ1) is 17.1. The summed E-state index contributed by atoms with van der Waals surface area (Å²) in [6, 6.07) is 4.51. The fourth-order valence-electron chi connectivity index (χ4n) is 3.08. The molecule has 1 aromatic carbocycles. The number of amides is 4. The molecule has 0 saturated carbocycles. The zero-order valence-electron chi connectivity index (χ0n) is 13.4. The van der Waals surface area contributed by atoms with Crippen LogP contribution in [-0.2, 0) is 9.59 Å². The Morgan fingerprint density at radius 2 is 1.65 bits per heavy atom. The molecule has 1 saturated heterocycles. The highest BCUT2D eigenvalue weighted by molar-refractivity contribution is 6.17. The van der Waals surface area contributed by atoms with Gasteiger partial charge in [0.05, 0.1) is 4.92 Å². The quantitative estimate of drug-likeness (QED) is 0.341. The fourth-order valence-corrected chi connectivity index (χ4v) is 3.08. The van der Waals surface area contributed by atoms with Crippen molar-refractivity contribution < 1.29 is 19.3 Å². The van der Waals surface area contributed by atoms with Gasteiger partial charge in [-0.25, -0.2) is 4.79 Å². The van der Waals surface area contributed by atoms with Crippen LogP contribution in [0.2, 0.25) is 0 Å². The van der Waals surface area contributed by atoms with Crippen LogP contribution in [0.4, 0.5) is 10.5 Å². The molecule has 1 fully saturated rings. The molecule has 2 heterocycles. The molecule has 134 valence electrons. The van der Waals surface area contributed by atoms with E-state index in [1.54, 1.807) is 0 Å². The van der Waals surface area contributed by atoms with Crippen molar-refractivity contribution in [2.75, 3.05) is 0 Å². The summed E-state index contributed by atoms with van der Waals surface area (Å²) in [6.45, 7) is 1.53. The van der Waals surface area contributed by atoms with Gasteiger partial charge in [-0.05, 0) is 6.92 Å². The number of hydrogen-bond acceptors (Lipinski definition) is 6. The van der Waals surface area contributed by atoms with Gasteiger partial charge in [0.1, 0.15) is 5.92 Å². The molecule has 4 amide bonds. The number of para-hydroxylation sites is 1. The number of nitrogens with one attached hydrogen (secondary N) is 4. The van der Waals surface area contributed by atoms with Crippen molar-refractivity contribution in [3.63, 3.8) is 0 Å². The van der Waals surface area contributed by atoms with Gasteiger partial charge in [0, 0.05) is 28.8 Å². The lowest BCUT2D eigenvalue weighted by atomic mass is 9.78. The molecule has 1 aliphatic rings. The number of nitrogens with zero attached hydrogens (tertiary/aromatic N) is 1. The predicted molar refractivity (Wildman–Crippen MR) is 86.3 cm³/mol. The van der Waals surface area contributed by atoms with Gasteiger partial charge in [0.15, 0.2) is 0 Å². The van der Waals surface area contributed by atoms with Crippen LogP contribution in [-0.4, -0.2) is 33.0 Å². The summed E-state index contributed by atoms with van der Waals surface area (Å²) in [5, 5.41) is 20.2. The van der Waals surface area contributed by atoms with Crippen LogP contribution >= 0.6 is 0 Å². The second kappa shape index (κ2) is 6.27. The second-order valence-corrected chi connectivity index (χ2v) is 5.70. The Kier molecular flexibility index (Phi) is 4.12. The standard InChI is InChI=1S/C15H13N5O6/c1-6-9(14(23)19-18-6)10(7-4-2-3-5-8(7)20(25)26)11-12(21)16-15(24)17-13(11)22/h2-5,10-11H,1H3,(H2,18,19,23)(H2,16,17,21,22,24). The highest BCUT2D eigenvalue weighted by Gasteiger charge is 2.45. The number of aryl methyl sites for hydroxylation is 1. The molecule has 26 heavy (non-hydrogen) atoms. The number of H-pyrrole nitrogens is 2. The number of aromatic nitrogens is 2. The zero-order chi connectivity index (χ0) is 19.0. The normalized spacial score (nSPS) is 16.1. The number of carbonyl (C=O) groups is 3. The minimum atomic E-state index is -1.54. The average molecular weight is 359 g/mol. The summed E-state index contributed by atoms with van der Waals surface area (Å²) in [7, 11) is 0. The molecule has 0 aliphatic carbocycles. The van der Waals surface area contributed by atoms with E-state index in [-0.39, 0.29) is 16.8 Å². The van der Waals surface area contributed by atoms with Gasteiger partial charge in [0.25, 0.3) is 11.2 Å². The van der Waals surface area contributed by atoms with Gasteiger partial charge >= 0.3 is 6.03 Å². The summed E-state index contributed by atoms with van der Waals surface area (Å²) in [5.74, 6) is -4.69. The van der Waals surface area contributed by atoms with Gasteiger partial charge in [0.2, 0.25) is 11.8 Å². The Labute approximate surface area is 144 Å². The Hall–Kier alpha value is -3.76. The van der Waals surface area contributed by atoms with E-state index in [1.165, 1.54) is 31.2 Å². The van der Waals surface area contributed by atoms with Gasteiger partial charge in [-0.3, -0.25) is 40.2 Å². The molecule has 1 unspecified atom stereocenters. The van der Waals surface area contributed by atoms with Crippen LogP contribution in [0.5, 0.6) is 0 Å². The van der Waals surface area contributed by atoms with Crippen molar-refractivity contribution in [3.8, 4) is 0 Å². The van der Waals surface area contributed by atoms with Crippen molar-refractivity contribution in [3.05, 3.63) is 61.6 Å². The van der Waals surface area contributed by atoms with Crippen LogP contribution < -0.4 is 16.2 Å². The number of carbonyl (C=O) groups excluding carboxylic acids is 3. The van der Waals surface area contributed by atoms with Crippen LogP contribution in [0.3, 0.4) is 0 Å². The molecule has 0 bridgehead atoms. The molecule has 1 atom stereocenters. The lowest BCUT2D eigenvalue weighted by Crippen LogP contribution is -2.57. The minimum absolute atomic E-state index is 0.00366. The smallest absolute Gasteiger partial charge is 0.302 e. The highest BCUT2D eigenvalue weighted by atomic mass is 16.6. The van der Waals surface area contributed by atoms with E-state index in [1.807, 2.05) is 10.6 Å². The first-order valence-electron chi connectivity index (χ1n) is 7.47. The molecule has 3 rings (SSSR count). The molecule has 2 aromatic rings. The van der Waals surface area contributed by atoms with Crippen molar-refractivity contribution in [1.29, 1.82) is 0 Å². The van der Waals surface area contributed by atoms with Crippen molar-refractivity contribution in [1.82, 2.24) is 20.8 Å². The van der Waals surface area contributed by atoms with Crippen LogP contribution in [0, 0.1) is 23.0 Å². The molecular weight excluding hydrogens is 346 g/mol. The first-order chi connectivity index (χ1) is 12.3. The lowest BCUT2D eigenvalue weighted by Gasteiger charge is -2.27. The van der Waals surface area contributed by atoms with E-state index in [0.717, 1.165) is 0 Å². The Bertz CT molecular complexity index is 970. The number of hydrogen-bond donors (Lipinski definition) is 4. The molecule has 11 nitrogen and oxygen atoms in total. The summed E-state index contributed by atoms with van der Waals surface area (Å²) in [5.41, 5.74) is -0.645. The minimum Gasteiger partial charge on any atom is -0.302 e. The number of benzene rings is 1. The van der Waals surface area contributed by atoms with E-state index < -0.39 is 40.2 Å². The molecule has 0 radical (unpaired) electrons. The Balaban J connectivity index is 2.27. The number of urea groups is 1. The van der Waals surface area contributed by atoms with Crippen LogP contribution in [0.25, 0.3) is 0 Å². The molecule has 0 spiro atoms. The van der Waals surface area contributed by atoms with Crippen molar-refractivity contribution >= 4 is 23.5 Å². The van der Waals surface area contributed by atoms with Crippen molar-refractivity contribution in [2.45, 2.75) is 12.8 Å². The summed E-state index contributed by atoms with van der Waals surface area (Å²) in [6.07, 6.45) is 0. The van der Waals surface area contributed by atoms with E-state index in [9.17, 15) is 29.3 Å². The molecule has 1 aromatic heterocycles. The predicted octanol–water partition coefficient (Wildman–Crippen LogP) is 0.0337. The third-order valence-corrected chi connectivity index (χ3v) is 4.16. The van der Waals surface area contributed by atoms with E-state index in [4.69, 9.17) is 0 Å². The Morgan fingerprint density at radius 1 is 1.04 bits per heavy atom. The second-order valence-electron chi connectivity index (χ2n) is 5.70. The number of barbiturate groups is 1.